The van der Waals surface area contributed by atoms with Crippen molar-refractivity contribution in [2.45, 2.75) is 134 Å². The SMILES string of the molecule is CCCCCCCCCCCCOC[C@@]12O[C@@H](C)[C@@H](OC(=O)NS(=O)(=O)c3ccc(C)cc3)[C@@H]1OC(C)(C)O2. The van der Waals surface area contributed by atoms with Crippen LogP contribution in [0.5, 0.6) is 0 Å². The highest BCUT2D eigenvalue weighted by Crippen LogP contribution is 2.46. The summed E-state index contributed by atoms with van der Waals surface area (Å²) in [6, 6.07) is 6.17. The Kier molecular flexibility index (Phi) is 11.6. The maximum atomic E-state index is 12.6. The van der Waals surface area contributed by atoms with Gasteiger partial charge in [-0.2, -0.15) is 0 Å². The summed E-state index contributed by atoms with van der Waals surface area (Å²) in [7, 11) is -4.09. The minimum Gasteiger partial charge on any atom is -0.440 e. The summed E-state index contributed by atoms with van der Waals surface area (Å²) < 4.78 is 57.0. The second-order valence-electron chi connectivity index (χ2n) is 11.2. The van der Waals surface area contributed by atoms with Crippen LogP contribution >= 0.6 is 0 Å². The molecule has 1 N–H and O–H groups in total. The van der Waals surface area contributed by atoms with Gasteiger partial charge in [0.1, 0.15) is 6.61 Å². The average Bonchev–Trinajstić information content (AvgIpc) is 3.25. The molecule has 2 saturated heterocycles. The number of ether oxygens (including phenoxy) is 5. The summed E-state index contributed by atoms with van der Waals surface area (Å²) in [5.74, 6) is -2.24. The molecule has 2 aliphatic heterocycles. The summed E-state index contributed by atoms with van der Waals surface area (Å²) in [4.78, 5) is 12.6. The van der Waals surface area contributed by atoms with E-state index in [1.165, 1.54) is 63.5 Å². The number of carbonyl (C=O) groups is 1. The van der Waals surface area contributed by atoms with E-state index in [1.807, 2.05) is 11.6 Å². The minimum atomic E-state index is -4.09. The van der Waals surface area contributed by atoms with Crippen molar-refractivity contribution in [3.05, 3.63) is 29.8 Å². The third-order valence-electron chi connectivity index (χ3n) is 7.15. The molecule has 0 bridgehead atoms. The van der Waals surface area contributed by atoms with Crippen molar-refractivity contribution in [1.82, 2.24) is 4.72 Å². The van der Waals surface area contributed by atoms with Crippen LogP contribution in [0.15, 0.2) is 29.2 Å². The van der Waals surface area contributed by atoms with Gasteiger partial charge in [-0.15, -0.1) is 0 Å². The van der Waals surface area contributed by atoms with Gasteiger partial charge in [0, 0.05) is 6.61 Å². The molecule has 9 nitrogen and oxygen atoms in total. The van der Waals surface area contributed by atoms with Crippen LogP contribution in [0.1, 0.15) is 97.5 Å². The number of sulfonamides is 1. The zero-order chi connectivity index (χ0) is 28.5. The van der Waals surface area contributed by atoms with Crippen molar-refractivity contribution in [2.24, 2.45) is 0 Å². The Morgan fingerprint density at radius 2 is 1.54 bits per heavy atom. The molecule has 2 heterocycles. The lowest BCUT2D eigenvalue weighted by atomic mass is 10.1. The Balaban J connectivity index is 1.46. The van der Waals surface area contributed by atoms with E-state index in [-0.39, 0.29) is 11.5 Å². The molecule has 2 aliphatic rings. The van der Waals surface area contributed by atoms with Crippen LogP contribution < -0.4 is 4.72 Å². The number of fused-ring (bicyclic) bond motifs is 1. The first-order chi connectivity index (χ1) is 18.5. The standard InChI is InChI=1S/C29H47NO8S/c1-6-7-8-9-10-11-12-13-14-15-20-34-21-29-26(37-28(4,5)38-29)25(23(3)36-29)35-27(31)30-39(32,33)24-18-16-22(2)17-19-24/h16-19,23,25-26H,6-15,20-21H2,1-5H3,(H,30,31)/t23-,25+,26-,29-/m0/s1. The highest BCUT2D eigenvalue weighted by atomic mass is 32.2. The van der Waals surface area contributed by atoms with E-state index in [0.29, 0.717) is 6.61 Å². The van der Waals surface area contributed by atoms with E-state index in [9.17, 15) is 13.2 Å². The largest absolute Gasteiger partial charge is 0.440 e. The molecule has 1 aromatic carbocycles. The predicted octanol–water partition coefficient (Wildman–Crippen LogP) is 5.98. The maximum Gasteiger partial charge on any atom is 0.421 e. The van der Waals surface area contributed by atoms with Gasteiger partial charge in [-0.25, -0.2) is 17.9 Å². The van der Waals surface area contributed by atoms with Gasteiger partial charge in [0.15, 0.2) is 18.0 Å². The van der Waals surface area contributed by atoms with Crippen molar-refractivity contribution in [1.29, 1.82) is 0 Å². The van der Waals surface area contributed by atoms with E-state index >= 15 is 0 Å². The first kappa shape index (κ1) is 31.8. The van der Waals surface area contributed by atoms with Crippen molar-refractivity contribution < 1.29 is 36.9 Å². The second kappa shape index (κ2) is 14.3. The third-order valence-corrected chi connectivity index (χ3v) is 8.47. The smallest absolute Gasteiger partial charge is 0.421 e. The normalized spacial score (nSPS) is 25.9. The first-order valence-corrected chi connectivity index (χ1v) is 15.9. The van der Waals surface area contributed by atoms with Crippen LogP contribution in [0.25, 0.3) is 0 Å². The molecule has 222 valence electrons. The van der Waals surface area contributed by atoms with Gasteiger partial charge >= 0.3 is 6.09 Å². The summed E-state index contributed by atoms with van der Waals surface area (Å²) in [6.07, 6.45) is 9.05. The zero-order valence-electron chi connectivity index (χ0n) is 24.2. The number of unbranched alkanes of at least 4 members (excludes halogenated alkanes) is 9. The molecule has 39 heavy (non-hydrogen) atoms. The molecule has 2 fully saturated rings. The minimum absolute atomic E-state index is 0.0305. The molecule has 0 unspecified atom stereocenters. The van der Waals surface area contributed by atoms with Crippen molar-refractivity contribution >= 4 is 16.1 Å². The van der Waals surface area contributed by atoms with E-state index < -0.39 is 46.0 Å². The summed E-state index contributed by atoms with van der Waals surface area (Å²) in [5, 5.41) is 0. The zero-order valence-corrected chi connectivity index (χ0v) is 25.0. The number of hydrogen-bond donors (Lipinski definition) is 1. The van der Waals surface area contributed by atoms with Crippen molar-refractivity contribution in [2.75, 3.05) is 13.2 Å². The van der Waals surface area contributed by atoms with E-state index in [2.05, 4.69) is 6.92 Å². The molecule has 10 heteroatoms. The molecule has 0 radical (unpaired) electrons. The quantitative estimate of drug-likeness (QED) is 0.242. The summed E-state index contributed by atoms with van der Waals surface area (Å²) >= 11 is 0. The summed E-state index contributed by atoms with van der Waals surface area (Å²) in [6.45, 7) is 10.00. The van der Waals surface area contributed by atoms with Gasteiger partial charge in [-0.1, -0.05) is 82.4 Å². The molecular weight excluding hydrogens is 522 g/mol. The first-order valence-electron chi connectivity index (χ1n) is 14.4. The number of nitrogens with one attached hydrogen (secondary N) is 1. The average molecular weight is 570 g/mol. The fraction of sp³-hybridized carbons (Fsp3) is 0.759. The number of benzene rings is 1. The van der Waals surface area contributed by atoms with Crippen LogP contribution in [0.2, 0.25) is 0 Å². The van der Waals surface area contributed by atoms with E-state index in [1.54, 1.807) is 32.9 Å². The van der Waals surface area contributed by atoms with Crippen LogP contribution in [0, 0.1) is 6.92 Å². The second-order valence-corrected chi connectivity index (χ2v) is 12.9. The van der Waals surface area contributed by atoms with Crippen molar-refractivity contribution in [3.63, 3.8) is 0 Å². The number of aryl methyl sites for hydroxylation is 1. The lowest BCUT2D eigenvalue weighted by Gasteiger charge is -2.27. The number of amides is 1. The van der Waals surface area contributed by atoms with Gasteiger partial charge in [0.05, 0.1) is 11.0 Å². The number of carbonyl (C=O) groups excluding carboxylic acids is 1. The number of rotatable bonds is 16. The summed E-state index contributed by atoms with van der Waals surface area (Å²) in [5.41, 5.74) is 0.904. The third kappa shape index (κ3) is 9.14. The Labute approximate surface area is 234 Å². The Morgan fingerprint density at radius 3 is 2.15 bits per heavy atom. The monoisotopic (exact) mass is 569 g/mol. The van der Waals surface area contributed by atoms with Crippen molar-refractivity contribution in [3.8, 4) is 0 Å². The van der Waals surface area contributed by atoms with Gasteiger partial charge in [0.25, 0.3) is 10.0 Å². The lowest BCUT2D eigenvalue weighted by molar-refractivity contribution is -0.276. The van der Waals surface area contributed by atoms with Crippen LogP contribution in [-0.2, 0) is 33.7 Å². The Hall–Kier alpha value is -1.72. The Morgan fingerprint density at radius 1 is 0.949 bits per heavy atom. The molecule has 0 aliphatic carbocycles. The highest BCUT2D eigenvalue weighted by Gasteiger charge is 2.65. The lowest BCUT2D eigenvalue weighted by Crippen LogP contribution is -2.46. The number of hydrogen-bond acceptors (Lipinski definition) is 8. The molecular formula is C29H47NO8S. The van der Waals surface area contributed by atoms with Crippen LogP contribution in [-0.4, -0.2) is 57.6 Å². The fourth-order valence-corrected chi connectivity index (χ4v) is 6.05. The van der Waals surface area contributed by atoms with E-state index in [4.69, 9.17) is 23.7 Å². The molecule has 0 aromatic heterocycles. The van der Waals surface area contributed by atoms with Gasteiger partial charge in [0.2, 0.25) is 5.79 Å². The topological polar surface area (TPSA) is 109 Å². The fourth-order valence-electron chi connectivity index (χ4n) is 5.17. The van der Waals surface area contributed by atoms with Gasteiger partial charge in [-0.05, 0) is 46.2 Å². The maximum absolute atomic E-state index is 12.6. The van der Waals surface area contributed by atoms with Gasteiger partial charge < -0.3 is 23.7 Å². The molecule has 3 rings (SSSR count). The van der Waals surface area contributed by atoms with E-state index in [0.717, 1.165) is 18.4 Å². The van der Waals surface area contributed by atoms with Gasteiger partial charge in [-0.3, -0.25) is 0 Å². The predicted molar refractivity (Wildman–Crippen MR) is 148 cm³/mol. The molecule has 0 saturated carbocycles. The van der Waals surface area contributed by atoms with Crippen LogP contribution in [0.3, 0.4) is 0 Å². The Bertz CT molecular complexity index is 1010. The molecule has 4 atom stereocenters. The molecule has 0 spiro atoms. The molecule has 1 amide bonds. The van der Waals surface area contributed by atoms with Crippen LogP contribution in [0.4, 0.5) is 4.79 Å². The highest BCUT2D eigenvalue weighted by molar-refractivity contribution is 7.90. The molecule has 1 aromatic rings.